The van der Waals surface area contributed by atoms with Crippen LogP contribution < -0.4 is 20.5 Å². The van der Waals surface area contributed by atoms with Crippen molar-refractivity contribution in [2.24, 2.45) is 0 Å². The lowest BCUT2D eigenvalue weighted by atomic mass is 10.1. The fraction of sp³-hybridized carbons (Fsp3) is 0.265. The largest absolute Gasteiger partial charge is 0.507 e. The summed E-state index contributed by atoms with van der Waals surface area (Å²) in [6.07, 6.45) is 3.04. The summed E-state index contributed by atoms with van der Waals surface area (Å²) in [6.45, 7) is 2.69. The highest BCUT2D eigenvalue weighted by molar-refractivity contribution is 5.94. The van der Waals surface area contributed by atoms with Gasteiger partial charge in [0.05, 0.1) is 11.2 Å². The highest BCUT2D eigenvalue weighted by Gasteiger charge is 2.29. The molecule has 3 heterocycles. The Morgan fingerprint density at radius 1 is 0.878 bits per heavy atom. The Morgan fingerprint density at radius 2 is 1.57 bits per heavy atom. The number of aromatic hydroxyl groups is 5. The Bertz CT molecular complexity index is 2270. The number of nitrogens with zero attached hydrogens (tertiary/aromatic N) is 3. The molecule has 6 N–H and O–H groups in total. The van der Waals surface area contributed by atoms with E-state index < -0.39 is 57.2 Å². The van der Waals surface area contributed by atoms with Gasteiger partial charge in [0.2, 0.25) is 16.6 Å². The van der Waals surface area contributed by atoms with Gasteiger partial charge in [-0.2, -0.15) is 0 Å². The molecule has 0 unspecified atom stereocenters. The van der Waals surface area contributed by atoms with Gasteiger partial charge < -0.3 is 49.3 Å². The maximum absolute atomic E-state index is 15.4. The summed E-state index contributed by atoms with van der Waals surface area (Å²) in [7, 11) is 0. The molecule has 2 aromatic heterocycles. The summed E-state index contributed by atoms with van der Waals surface area (Å²) < 4.78 is 28.6. The zero-order valence-corrected chi connectivity index (χ0v) is 25.7. The third-order valence-corrected chi connectivity index (χ3v) is 8.92. The van der Waals surface area contributed by atoms with Crippen LogP contribution in [0, 0.1) is 5.82 Å². The van der Waals surface area contributed by atoms with Crippen molar-refractivity contribution in [1.82, 2.24) is 9.47 Å². The number of carboxylic acids is 1. The molecule has 5 aromatic rings. The van der Waals surface area contributed by atoms with E-state index in [1.54, 1.807) is 10.6 Å². The van der Waals surface area contributed by atoms with Crippen LogP contribution in [0.2, 0.25) is 0 Å². The number of hydrogen-bond acceptors (Lipinski definition) is 12. The third kappa shape index (κ3) is 5.67. The highest BCUT2D eigenvalue weighted by Crippen LogP contribution is 2.42. The zero-order valence-electron chi connectivity index (χ0n) is 25.7. The molecule has 0 bridgehead atoms. The first kappa shape index (κ1) is 31.6. The van der Waals surface area contributed by atoms with E-state index in [0.29, 0.717) is 43.9 Å². The van der Waals surface area contributed by atoms with Crippen molar-refractivity contribution < 1.29 is 49.0 Å². The molecule has 0 radical (unpaired) electrons. The summed E-state index contributed by atoms with van der Waals surface area (Å²) >= 11 is 0. The number of piperazine rings is 1. The monoisotopic (exact) mass is 675 g/mol. The van der Waals surface area contributed by atoms with Gasteiger partial charge in [0.1, 0.15) is 40.5 Å². The van der Waals surface area contributed by atoms with Crippen molar-refractivity contribution in [3.8, 4) is 45.8 Å². The smallest absolute Gasteiger partial charge is 0.341 e. The van der Waals surface area contributed by atoms with Crippen LogP contribution in [0.15, 0.2) is 56.6 Å². The van der Waals surface area contributed by atoms with Crippen LogP contribution >= 0.6 is 0 Å². The maximum Gasteiger partial charge on any atom is 0.341 e. The molecule has 7 rings (SSSR count). The fourth-order valence-electron chi connectivity index (χ4n) is 6.19. The Morgan fingerprint density at radius 3 is 2.22 bits per heavy atom. The molecule has 254 valence electrons. The minimum Gasteiger partial charge on any atom is -0.507 e. The molecule has 3 aromatic carbocycles. The molecule has 0 amide bonds. The number of ether oxygens (including phenoxy) is 1. The van der Waals surface area contributed by atoms with Crippen molar-refractivity contribution in [3.05, 3.63) is 74.4 Å². The van der Waals surface area contributed by atoms with Gasteiger partial charge in [-0.25, -0.2) is 9.18 Å². The quantitative estimate of drug-likeness (QED) is 0.130. The molecule has 0 atom stereocenters. The molecule has 2 fully saturated rings. The van der Waals surface area contributed by atoms with Gasteiger partial charge in [-0.15, -0.1) is 0 Å². The molecule has 1 saturated carbocycles. The van der Waals surface area contributed by atoms with E-state index in [1.165, 1.54) is 18.3 Å². The van der Waals surface area contributed by atoms with Gasteiger partial charge >= 0.3 is 5.97 Å². The number of benzene rings is 3. The average molecular weight is 676 g/mol. The third-order valence-electron chi connectivity index (χ3n) is 8.92. The summed E-state index contributed by atoms with van der Waals surface area (Å²) in [6, 6.07) is 7.33. The molecule has 49 heavy (non-hydrogen) atoms. The van der Waals surface area contributed by atoms with Gasteiger partial charge in [0.15, 0.2) is 23.0 Å². The van der Waals surface area contributed by atoms with Crippen molar-refractivity contribution in [2.75, 3.05) is 44.2 Å². The SMILES string of the molecule is O=C(O)c1cn(C2CC2)c2cc(N3CCN(CCOc4cc(O)c5c(=O)c(O)c(-c6cc(O)c(O)c(O)c6)oc5c4)CC3)c(F)cc2c1=O. The highest BCUT2D eigenvalue weighted by atomic mass is 19.1. The second kappa shape index (κ2) is 11.9. The Balaban J connectivity index is 1.04. The van der Waals surface area contributed by atoms with Crippen LogP contribution in [0.5, 0.6) is 34.5 Å². The van der Waals surface area contributed by atoms with Gasteiger partial charge in [0, 0.05) is 68.0 Å². The van der Waals surface area contributed by atoms with E-state index >= 15 is 4.39 Å². The van der Waals surface area contributed by atoms with Crippen LogP contribution in [-0.4, -0.2) is 85.4 Å². The molecular formula is C34H30FN3O11. The zero-order chi connectivity index (χ0) is 34.7. The number of halogens is 1. The minimum absolute atomic E-state index is 0.0369. The predicted molar refractivity (Wildman–Crippen MR) is 174 cm³/mol. The summed E-state index contributed by atoms with van der Waals surface area (Å²) in [5.74, 6) is -5.81. The van der Waals surface area contributed by atoms with Crippen molar-refractivity contribution in [1.29, 1.82) is 0 Å². The van der Waals surface area contributed by atoms with E-state index in [9.17, 15) is 45.0 Å². The number of anilines is 1. The van der Waals surface area contributed by atoms with E-state index in [2.05, 4.69) is 4.90 Å². The van der Waals surface area contributed by atoms with E-state index in [1.807, 2.05) is 4.90 Å². The number of aromatic carboxylic acids is 1. The topological polar surface area (TPSA) is 206 Å². The molecule has 0 spiro atoms. The van der Waals surface area contributed by atoms with Gasteiger partial charge in [-0.1, -0.05) is 0 Å². The second-order valence-electron chi connectivity index (χ2n) is 12.1. The first-order valence-corrected chi connectivity index (χ1v) is 15.4. The van der Waals surface area contributed by atoms with Crippen molar-refractivity contribution in [3.63, 3.8) is 0 Å². The lowest BCUT2D eigenvalue weighted by Crippen LogP contribution is -2.47. The molecule has 15 heteroatoms. The molecule has 1 aliphatic carbocycles. The van der Waals surface area contributed by atoms with Crippen molar-refractivity contribution in [2.45, 2.75) is 18.9 Å². The van der Waals surface area contributed by atoms with Crippen LogP contribution in [0.3, 0.4) is 0 Å². The van der Waals surface area contributed by atoms with Gasteiger partial charge in [0.25, 0.3) is 0 Å². The number of hydrogen-bond donors (Lipinski definition) is 6. The molecule has 1 saturated heterocycles. The minimum atomic E-state index is -1.35. The fourth-order valence-corrected chi connectivity index (χ4v) is 6.19. The second-order valence-corrected chi connectivity index (χ2v) is 12.1. The summed E-state index contributed by atoms with van der Waals surface area (Å²) in [5.41, 5.74) is -1.48. The number of carboxylic acid groups (broad SMARTS) is 1. The molecule has 14 nitrogen and oxygen atoms in total. The van der Waals surface area contributed by atoms with E-state index in [4.69, 9.17) is 9.15 Å². The van der Waals surface area contributed by atoms with Crippen LogP contribution in [0.25, 0.3) is 33.2 Å². The van der Waals surface area contributed by atoms with E-state index in [0.717, 1.165) is 31.0 Å². The number of pyridine rings is 1. The number of phenols is 4. The van der Waals surface area contributed by atoms with Crippen LogP contribution in [0.1, 0.15) is 29.2 Å². The first-order valence-electron chi connectivity index (χ1n) is 15.4. The van der Waals surface area contributed by atoms with Crippen molar-refractivity contribution >= 4 is 33.5 Å². The Hall–Kier alpha value is -5.96. The lowest BCUT2D eigenvalue weighted by molar-refractivity contribution is 0.0694. The van der Waals surface area contributed by atoms with Gasteiger partial charge in [-0.05, 0) is 37.1 Å². The Labute approximate surface area is 275 Å². The number of phenolic OH excluding ortho intramolecular Hbond substituents is 4. The molecular weight excluding hydrogens is 645 g/mol. The first-order chi connectivity index (χ1) is 23.4. The summed E-state index contributed by atoms with van der Waals surface area (Å²) in [4.78, 5) is 41.3. The van der Waals surface area contributed by atoms with Gasteiger partial charge in [-0.3, -0.25) is 14.5 Å². The summed E-state index contributed by atoms with van der Waals surface area (Å²) in [5, 5.41) is 59.6. The number of fused-ring (bicyclic) bond motifs is 2. The predicted octanol–water partition coefficient (Wildman–Crippen LogP) is 3.68. The standard InChI is InChI=1S/C34H30FN3O11/c35-21-13-19-22(38(17-1-2-17)15-20(29(19)42)34(46)47)14-23(21)37-5-3-36(4-6-37)7-8-48-18-11-24(39)28-27(12-18)49-33(32(45)31(28)44)16-9-25(40)30(43)26(41)10-16/h9-15,17,39-41,43,45H,1-8H2,(H,46,47). The maximum atomic E-state index is 15.4. The van der Waals surface area contributed by atoms with Crippen LogP contribution in [0.4, 0.5) is 10.1 Å². The number of aromatic nitrogens is 1. The molecule has 1 aliphatic heterocycles. The van der Waals surface area contributed by atoms with Crippen LogP contribution in [-0.2, 0) is 0 Å². The average Bonchev–Trinajstić information content (AvgIpc) is 3.91. The normalized spacial score (nSPS) is 15.2. The molecule has 2 aliphatic rings. The lowest BCUT2D eigenvalue weighted by Gasteiger charge is -2.36. The Kier molecular flexibility index (Phi) is 7.70. The number of rotatable bonds is 8. The number of carbonyl (C=O) groups is 1. The van der Waals surface area contributed by atoms with E-state index in [-0.39, 0.29) is 45.9 Å².